The Morgan fingerprint density at radius 2 is 1.09 bits per heavy atom. The zero-order chi connectivity index (χ0) is 41.1. The summed E-state index contributed by atoms with van der Waals surface area (Å²) in [4.78, 5) is 33.0. The van der Waals surface area contributed by atoms with Crippen LogP contribution in [-0.4, -0.2) is 24.0 Å². The lowest BCUT2D eigenvalue weighted by atomic mass is 9.87. The summed E-state index contributed by atoms with van der Waals surface area (Å²) in [5.41, 5.74) is -0.324. The van der Waals surface area contributed by atoms with Crippen molar-refractivity contribution in [3.8, 4) is 23.0 Å². The normalized spacial score (nSPS) is 12.5. The number of esters is 1. The van der Waals surface area contributed by atoms with Crippen LogP contribution in [0.4, 0.5) is 32.0 Å². The van der Waals surface area contributed by atoms with E-state index in [0.29, 0.717) is 27.8 Å². The van der Waals surface area contributed by atoms with Crippen LogP contribution in [0.3, 0.4) is 0 Å². The van der Waals surface area contributed by atoms with Crippen molar-refractivity contribution in [2.75, 3.05) is 12.0 Å². The molecule has 13 heteroatoms. The number of carbonyl (C=O) groups excluding carboxylic acids is 2. The second-order valence-corrected chi connectivity index (χ2v) is 14.2. The SMILES string of the molecule is COC(=O)CC(c1ccc(Oc2ccc(C(F)(F)F)cc2)cc1)N(C(=O)c1cc2ccc(Oc3ccc(C(C)(C)C)cc3)cc2cn1)c1ccc(C(F)(F)F)cc1. The van der Waals surface area contributed by atoms with Gasteiger partial charge in [-0.15, -0.1) is 0 Å². The predicted octanol–water partition coefficient (Wildman–Crippen LogP) is 12.1. The number of alkyl halides is 6. The third-order valence-corrected chi connectivity index (χ3v) is 9.14. The first-order valence-electron chi connectivity index (χ1n) is 17.6. The number of ether oxygens (including phenoxy) is 3. The van der Waals surface area contributed by atoms with Crippen LogP contribution in [0.1, 0.15) is 66.0 Å². The van der Waals surface area contributed by atoms with Crippen LogP contribution in [0.15, 0.2) is 128 Å². The number of pyridine rings is 1. The van der Waals surface area contributed by atoms with Crippen molar-refractivity contribution in [3.05, 3.63) is 155 Å². The fourth-order valence-electron chi connectivity index (χ4n) is 6.04. The Morgan fingerprint density at radius 3 is 1.60 bits per heavy atom. The fourth-order valence-corrected chi connectivity index (χ4v) is 6.04. The Hall–Kier alpha value is -6.37. The van der Waals surface area contributed by atoms with Crippen LogP contribution in [0.2, 0.25) is 0 Å². The smallest absolute Gasteiger partial charge is 0.416 e. The molecule has 0 bridgehead atoms. The van der Waals surface area contributed by atoms with Gasteiger partial charge in [0.15, 0.2) is 0 Å². The topological polar surface area (TPSA) is 78.0 Å². The van der Waals surface area contributed by atoms with Gasteiger partial charge in [0.25, 0.3) is 5.91 Å². The third-order valence-electron chi connectivity index (χ3n) is 9.14. The minimum atomic E-state index is -4.65. The van der Waals surface area contributed by atoms with Crippen LogP contribution in [0.5, 0.6) is 23.0 Å². The lowest BCUT2D eigenvalue weighted by Crippen LogP contribution is -2.37. The maximum absolute atomic E-state index is 14.5. The molecule has 0 aliphatic rings. The zero-order valence-electron chi connectivity index (χ0n) is 31.1. The number of aromatic nitrogens is 1. The molecule has 6 aromatic rings. The van der Waals surface area contributed by atoms with E-state index in [1.807, 2.05) is 24.3 Å². The lowest BCUT2D eigenvalue weighted by Gasteiger charge is -2.32. The summed E-state index contributed by atoms with van der Waals surface area (Å²) in [6, 6.07) is 27.4. The van der Waals surface area contributed by atoms with Crippen LogP contribution in [0, 0.1) is 0 Å². The summed E-state index contributed by atoms with van der Waals surface area (Å²) in [6.45, 7) is 6.35. The molecule has 0 radical (unpaired) electrons. The van der Waals surface area contributed by atoms with Gasteiger partial charge >= 0.3 is 18.3 Å². The molecule has 0 aliphatic carbocycles. The highest BCUT2D eigenvalue weighted by Crippen LogP contribution is 2.37. The van der Waals surface area contributed by atoms with Gasteiger partial charge in [0.05, 0.1) is 30.7 Å². The number of halogens is 6. The summed E-state index contributed by atoms with van der Waals surface area (Å²) < 4.78 is 96.6. The van der Waals surface area contributed by atoms with Crippen molar-refractivity contribution in [1.29, 1.82) is 0 Å². The first kappa shape index (κ1) is 40.3. The van der Waals surface area contributed by atoms with E-state index in [4.69, 9.17) is 14.2 Å². The van der Waals surface area contributed by atoms with Crippen molar-refractivity contribution in [2.24, 2.45) is 0 Å². The molecule has 0 saturated heterocycles. The molecule has 1 amide bonds. The molecule has 1 unspecified atom stereocenters. The van der Waals surface area contributed by atoms with Gasteiger partial charge in [0.1, 0.15) is 28.7 Å². The molecule has 57 heavy (non-hydrogen) atoms. The number of carbonyl (C=O) groups is 2. The molecular weight excluding hydrogens is 750 g/mol. The number of hydrogen-bond acceptors (Lipinski definition) is 6. The van der Waals surface area contributed by atoms with Gasteiger partial charge in [0.2, 0.25) is 0 Å². The first-order valence-corrected chi connectivity index (χ1v) is 17.6. The number of amides is 1. The molecule has 1 heterocycles. The Kier molecular flexibility index (Phi) is 11.3. The number of fused-ring (bicyclic) bond motifs is 1. The largest absolute Gasteiger partial charge is 0.469 e. The van der Waals surface area contributed by atoms with Gasteiger partial charge in [-0.1, -0.05) is 51.1 Å². The Labute approximate surface area is 324 Å². The molecule has 0 saturated carbocycles. The predicted molar refractivity (Wildman–Crippen MR) is 203 cm³/mol. The average Bonchev–Trinajstić information content (AvgIpc) is 3.17. The molecule has 6 rings (SSSR count). The van der Waals surface area contributed by atoms with E-state index in [0.717, 1.165) is 61.2 Å². The Balaban J connectivity index is 1.33. The van der Waals surface area contributed by atoms with E-state index >= 15 is 0 Å². The molecule has 1 atom stereocenters. The Morgan fingerprint density at radius 1 is 0.614 bits per heavy atom. The molecule has 0 aliphatic heterocycles. The highest BCUT2D eigenvalue weighted by Gasteiger charge is 2.34. The highest BCUT2D eigenvalue weighted by atomic mass is 19.4. The average molecular weight is 787 g/mol. The monoisotopic (exact) mass is 786 g/mol. The molecular formula is C44H36F6N2O5. The molecule has 0 spiro atoms. The van der Waals surface area contributed by atoms with E-state index in [1.165, 1.54) is 41.4 Å². The van der Waals surface area contributed by atoms with E-state index in [9.17, 15) is 35.9 Å². The van der Waals surface area contributed by atoms with Gasteiger partial charge in [-0.3, -0.25) is 19.5 Å². The summed E-state index contributed by atoms with van der Waals surface area (Å²) in [5.74, 6) is 0.0625. The number of hydrogen-bond donors (Lipinski definition) is 0. The standard InChI is InChI=1S/C44H36F6N2O5/c1-42(2,3)30-10-19-36(20-11-30)57-37-18-7-28-24-38(51-26-29(28)23-37)41(54)52(33-14-8-31(9-15-33)43(45,46)47)39(25-40(53)55-4)27-5-16-34(17-6-27)56-35-21-12-32(13-22-35)44(48,49)50/h5-24,26,39H,25H2,1-4H3. The lowest BCUT2D eigenvalue weighted by molar-refractivity contribution is -0.141. The number of rotatable bonds is 10. The number of anilines is 1. The molecule has 294 valence electrons. The minimum Gasteiger partial charge on any atom is -0.469 e. The van der Waals surface area contributed by atoms with Crippen molar-refractivity contribution >= 4 is 28.3 Å². The van der Waals surface area contributed by atoms with E-state index in [-0.39, 0.29) is 28.3 Å². The fraction of sp³-hybridized carbons (Fsp3) is 0.205. The van der Waals surface area contributed by atoms with Crippen LogP contribution < -0.4 is 14.4 Å². The Bertz CT molecular complexity index is 2350. The summed E-state index contributed by atoms with van der Waals surface area (Å²) in [6.07, 6.45) is -8.11. The van der Waals surface area contributed by atoms with Crippen LogP contribution in [-0.2, 0) is 27.3 Å². The second kappa shape index (κ2) is 16.0. The first-order chi connectivity index (χ1) is 26.9. The second-order valence-electron chi connectivity index (χ2n) is 14.2. The summed E-state index contributed by atoms with van der Waals surface area (Å²) >= 11 is 0. The summed E-state index contributed by atoms with van der Waals surface area (Å²) in [5, 5.41) is 1.26. The molecule has 0 fully saturated rings. The molecule has 7 nitrogen and oxygen atoms in total. The van der Waals surface area contributed by atoms with Crippen molar-refractivity contribution in [2.45, 2.75) is 51.0 Å². The van der Waals surface area contributed by atoms with E-state index < -0.39 is 47.8 Å². The summed E-state index contributed by atoms with van der Waals surface area (Å²) in [7, 11) is 1.16. The number of nitrogens with zero attached hydrogens (tertiary/aromatic N) is 2. The third kappa shape index (κ3) is 9.72. The maximum Gasteiger partial charge on any atom is 0.416 e. The highest BCUT2D eigenvalue weighted by molar-refractivity contribution is 6.07. The van der Waals surface area contributed by atoms with Gasteiger partial charge in [0, 0.05) is 17.3 Å². The van der Waals surface area contributed by atoms with Crippen molar-refractivity contribution in [3.63, 3.8) is 0 Å². The van der Waals surface area contributed by atoms with Crippen LogP contribution in [0.25, 0.3) is 10.8 Å². The van der Waals surface area contributed by atoms with Crippen LogP contribution >= 0.6 is 0 Å². The molecule has 1 aromatic heterocycles. The van der Waals surface area contributed by atoms with Crippen molar-refractivity contribution in [1.82, 2.24) is 4.98 Å². The number of benzene rings is 5. The zero-order valence-corrected chi connectivity index (χ0v) is 31.1. The quantitative estimate of drug-likeness (QED) is 0.102. The van der Waals surface area contributed by atoms with E-state index in [2.05, 4.69) is 25.8 Å². The maximum atomic E-state index is 14.5. The molecule has 5 aromatic carbocycles. The van der Waals surface area contributed by atoms with E-state index in [1.54, 1.807) is 18.2 Å². The van der Waals surface area contributed by atoms with Gasteiger partial charge in [-0.05, 0) is 113 Å². The van der Waals surface area contributed by atoms with Gasteiger partial charge in [-0.2, -0.15) is 26.3 Å². The van der Waals surface area contributed by atoms with Gasteiger partial charge < -0.3 is 14.2 Å². The number of methoxy groups -OCH3 is 1. The van der Waals surface area contributed by atoms with Crippen molar-refractivity contribution < 1.29 is 50.1 Å². The molecule has 0 N–H and O–H groups in total. The van der Waals surface area contributed by atoms with Gasteiger partial charge in [-0.25, -0.2) is 0 Å². The minimum absolute atomic E-state index is 0.0236.